The Labute approximate surface area is 182 Å². The largest absolute Gasteiger partial charge is 0.383 e. The molecule has 3 aromatic rings. The highest BCUT2D eigenvalue weighted by Gasteiger charge is 2.17. The molecule has 3 heterocycles. The second-order valence-corrected chi connectivity index (χ2v) is 8.71. The van der Waals surface area contributed by atoms with E-state index in [0.29, 0.717) is 28.2 Å². The fourth-order valence-electron chi connectivity index (χ4n) is 3.34. The molecule has 1 fully saturated rings. The number of piperidine rings is 1. The third-order valence-corrected chi connectivity index (χ3v) is 6.84. The Morgan fingerprint density at radius 2 is 2.00 bits per heavy atom. The first-order valence-corrected chi connectivity index (χ1v) is 11.0. The summed E-state index contributed by atoms with van der Waals surface area (Å²) < 4.78 is 15.8. The number of nitrogens with two attached hydrogens (primary N) is 1. The second kappa shape index (κ2) is 8.92. The van der Waals surface area contributed by atoms with Crippen molar-refractivity contribution in [2.75, 3.05) is 18.8 Å². The number of nitrogens with one attached hydrogen (secondary N) is 1. The van der Waals surface area contributed by atoms with E-state index >= 15 is 0 Å². The average Bonchev–Trinajstić information content (AvgIpc) is 3.23. The molecule has 0 unspecified atom stereocenters. The highest BCUT2D eigenvalue weighted by molar-refractivity contribution is 7.98. The van der Waals surface area contributed by atoms with E-state index in [0.717, 1.165) is 42.0 Å². The molecule has 1 aliphatic heterocycles. The Morgan fingerprint density at radius 3 is 2.79 bits per heavy atom. The van der Waals surface area contributed by atoms with Crippen LogP contribution in [0.2, 0.25) is 10.0 Å². The standard InChI is InChI=1S/C20H20Cl2FN5S/c21-16-1-2-17(23)19(22)15(16)11-29-18-7-12(8-26-20(18)24)13-9-27-28(10-13)14-3-5-25-6-4-14/h1-2,7-10,14,25H,3-6,11H2,(H2,24,26). The Balaban J connectivity index is 1.54. The smallest absolute Gasteiger partial charge is 0.142 e. The number of pyridine rings is 1. The summed E-state index contributed by atoms with van der Waals surface area (Å²) in [5.41, 5.74) is 8.52. The Bertz CT molecular complexity index is 1020. The van der Waals surface area contributed by atoms with Crippen molar-refractivity contribution in [2.45, 2.75) is 29.5 Å². The van der Waals surface area contributed by atoms with Crippen molar-refractivity contribution in [3.8, 4) is 11.1 Å². The quantitative estimate of drug-likeness (QED) is 0.412. The molecule has 0 bridgehead atoms. The van der Waals surface area contributed by atoms with E-state index in [1.165, 1.54) is 23.9 Å². The van der Waals surface area contributed by atoms with Gasteiger partial charge in [0, 0.05) is 39.9 Å². The van der Waals surface area contributed by atoms with Crippen LogP contribution < -0.4 is 11.1 Å². The Kier molecular flexibility index (Phi) is 6.29. The number of nitrogen functional groups attached to an aromatic ring is 1. The van der Waals surface area contributed by atoms with Crippen molar-refractivity contribution in [1.29, 1.82) is 0 Å². The van der Waals surface area contributed by atoms with Gasteiger partial charge < -0.3 is 11.1 Å². The van der Waals surface area contributed by atoms with E-state index in [-0.39, 0.29) is 5.02 Å². The molecule has 152 valence electrons. The van der Waals surface area contributed by atoms with Crippen molar-refractivity contribution in [3.05, 3.63) is 58.2 Å². The van der Waals surface area contributed by atoms with Gasteiger partial charge in [-0.05, 0) is 44.1 Å². The van der Waals surface area contributed by atoms with Gasteiger partial charge in [-0.2, -0.15) is 5.10 Å². The molecular formula is C20H20Cl2FN5S. The van der Waals surface area contributed by atoms with Gasteiger partial charge in [-0.15, -0.1) is 11.8 Å². The molecule has 9 heteroatoms. The number of rotatable bonds is 5. The van der Waals surface area contributed by atoms with Crippen LogP contribution >= 0.6 is 35.0 Å². The fourth-order valence-corrected chi connectivity index (χ4v) is 5.01. The van der Waals surface area contributed by atoms with E-state index in [9.17, 15) is 4.39 Å². The molecule has 29 heavy (non-hydrogen) atoms. The molecule has 3 N–H and O–H groups in total. The molecule has 0 amide bonds. The minimum Gasteiger partial charge on any atom is -0.383 e. The number of halogens is 3. The van der Waals surface area contributed by atoms with Crippen molar-refractivity contribution in [3.63, 3.8) is 0 Å². The molecule has 0 aliphatic carbocycles. The monoisotopic (exact) mass is 451 g/mol. The molecule has 4 rings (SSSR count). The van der Waals surface area contributed by atoms with Crippen LogP contribution in [0, 0.1) is 5.82 Å². The van der Waals surface area contributed by atoms with Crippen LogP contribution in [0.1, 0.15) is 24.4 Å². The average molecular weight is 452 g/mol. The summed E-state index contributed by atoms with van der Waals surface area (Å²) in [6.07, 6.45) is 7.78. The number of nitrogens with zero attached hydrogens (tertiary/aromatic N) is 3. The molecule has 1 saturated heterocycles. The SMILES string of the molecule is Nc1ncc(-c2cnn(C3CCNCC3)c2)cc1SCc1c(Cl)ccc(F)c1Cl. The van der Waals surface area contributed by atoms with Gasteiger partial charge in [0.25, 0.3) is 0 Å². The molecule has 1 aromatic carbocycles. The highest BCUT2D eigenvalue weighted by Crippen LogP contribution is 2.36. The van der Waals surface area contributed by atoms with Crippen LogP contribution in [-0.2, 0) is 5.75 Å². The maximum atomic E-state index is 13.8. The van der Waals surface area contributed by atoms with Crippen molar-refractivity contribution < 1.29 is 4.39 Å². The molecule has 5 nitrogen and oxygen atoms in total. The van der Waals surface area contributed by atoms with Gasteiger partial charge in [-0.3, -0.25) is 4.68 Å². The molecule has 0 radical (unpaired) electrons. The normalized spacial score (nSPS) is 15.0. The predicted octanol–water partition coefficient (Wildman–Crippen LogP) is 5.19. The second-order valence-electron chi connectivity index (χ2n) is 6.91. The third-order valence-electron chi connectivity index (χ3n) is 5.01. The molecule has 0 saturated carbocycles. The Hall–Kier alpha value is -1.80. The van der Waals surface area contributed by atoms with Crippen LogP contribution in [0.25, 0.3) is 11.1 Å². The molecule has 0 spiro atoms. The molecule has 0 atom stereocenters. The number of hydrogen-bond donors (Lipinski definition) is 2. The summed E-state index contributed by atoms with van der Waals surface area (Å²) in [6.45, 7) is 2.02. The first-order chi connectivity index (χ1) is 14.0. The van der Waals surface area contributed by atoms with Crippen LogP contribution in [0.5, 0.6) is 0 Å². The summed E-state index contributed by atoms with van der Waals surface area (Å²) in [7, 11) is 0. The third kappa shape index (κ3) is 4.53. The van der Waals surface area contributed by atoms with Gasteiger partial charge in [0.1, 0.15) is 11.6 Å². The minimum absolute atomic E-state index is 0.0379. The lowest BCUT2D eigenvalue weighted by atomic mass is 10.1. The summed E-state index contributed by atoms with van der Waals surface area (Å²) >= 11 is 13.7. The van der Waals surface area contributed by atoms with Crippen LogP contribution in [0.4, 0.5) is 10.2 Å². The van der Waals surface area contributed by atoms with E-state index in [4.69, 9.17) is 28.9 Å². The zero-order valence-corrected chi connectivity index (χ0v) is 17.9. The maximum absolute atomic E-state index is 13.8. The summed E-state index contributed by atoms with van der Waals surface area (Å²) in [5.74, 6) is 0.309. The number of thioether (sulfide) groups is 1. The van der Waals surface area contributed by atoms with E-state index in [1.54, 1.807) is 6.20 Å². The van der Waals surface area contributed by atoms with Crippen LogP contribution in [0.15, 0.2) is 41.7 Å². The molecule has 2 aromatic heterocycles. The molecular weight excluding hydrogens is 432 g/mol. The zero-order chi connectivity index (χ0) is 20.4. The lowest BCUT2D eigenvalue weighted by Crippen LogP contribution is -2.29. The lowest BCUT2D eigenvalue weighted by Gasteiger charge is -2.22. The van der Waals surface area contributed by atoms with Crippen LogP contribution in [0.3, 0.4) is 0 Å². The van der Waals surface area contributed by atoms with Gasteiger partial charge in [-0.1, -0.05) is 23.2 Å². The maximum Gasteiger partial charge on any atom is 0.142 e. The van der Waals surface area contributed by atoms with Gasteiger partial charge in [0.15, 0.2) is 0 Å². The first kappa shape index (κ1) is 20.5. The summed E-state index contributed by atoms with van der Waals surface area (Å²) in [6, 6.07) is 5.15. The van der Waals surface area contributed by atoms with E-state index < -0.39 is 5.82 Å². The van der Waals surface area contributed by atoms with Gasteiger partial charge >= 0.3 is 0 Å². The van der Waals surface area contributed by atoms with Crippen molar-refractivity contribution >= 4 is 40.8 Å². The number of aromatic nitrogens is 3. The zero-order valence-electron chi connectivity index (χ0n) is 15.5. The predicted molar refractivity (Wildman–Crippen MR) is 117 cm³/mol. The lowest BCUT2D eigenvalue weighted by molar-refractivity contribution is 0.343. The minimum atomic E-state index is -0.489. The van der Waals surface area contributed by atoms with Gasteiger partial charge in [0.2, 0.25) is 0 Å². The number of benzene rings is 1. The van der Waals surface area contributed by atoms with Crippen molar-refractivity contribution in [2.24, 2.45) is 0 Å². The Morgan fingerprint density at radius 1 is 1.21 bits per heavy atom. The number of hydrogen-bond acceptors (Lipinski definition) is 5. The van der Waals surface area contributed by atoms with E-state index in [2.05, 4.69) is 21.6 Å². The van der Waals surface area contributed by atoms with Crippen LogP contribution in [-0.4, -0.2) is 27.9 Å². The first-order valence-electron chi connectivity index (χ1n) is 9.29. The number of anilines is 1. The fraction of sp³-hybridized carbons (Fsp3) is 0.300. The highest BCUT2D eigenvalue weighted by atomic mass is 35.5. The van der Waals surface area contributed by atoms with Gasteiger partial charge in [-0.25, -0.2) is 9.37 Å². The summed E-state index contributed by atoms with van der Waals surface area (Å²) in [5, 5.41) is 8.37. The topological polar surface area (TPSA) is 68.8 Å². The summed E-state index contributed by atoms with van der Waals surface area (Å²) in [4.78, 5) is 5.11. The van der Waals surface area contributed by atoms with E-state index in [1.807, 2.05) is 16.9 Å². The molecule has 1 aliphatic rings. The van der Waals surface area contributed by atoms with Gasteiger partial charge in [0.05, 0.1) is 22.2 Å². The van der Waals surface area contributed by atoms with Crippen molar-refractivity contribution in [1.82, 2.24) is 20.1 Å².